The summed E-state index contributed by atoms with van der Waals surface area (Å²) in [5.74, 6) is -0.778. The molecule has 0 aromatic heterocycles. The molecular weight excluding hydrogens is 634 g/mol. The molecule has 1 saturated carbocycles. The fraction of sp³-hybridized carbons (Fsp3) is 0.513. The highest BCUT2D eigenvalue weighted by Crippen LogP contribution is 2.29. The molecule has 50 heavy (non-hydrogen) atoms. The first kappa shape index (κ1) is 38.1. The molecule has 1 aliphatic heterocycles. The number of nitrogens with zero attached hydrogens (tertiary/aromatic N) is 1. The Morgan fingerprint density at radius 3 is 2.38 bits per heavy atom. The van der Waals surface area contributed by atoms with E-state index in [1.165, 1.54) is 0 Å². The van der Waals surface area contributed by atoms with Gasteiger partial charge in [0.15, 0.2) is 0 Å². The fourth-order valence-corrected chi connectivity index (χ4v) is 6.85. The van der Waals surface area contributed by atoms with Gasteiger partial charge >= 0.3 is 0 Å². The molecule has 1 saturated heterocycles. The third-order valence-electron chi connectivity index (χ3n) is 9.37. The average molecular weight is 688 g/mol. The molecule has 4 rings (SSSR count). The van der Waals surface area contributed by atoms with E-state index < -0.39 is 18.1 Å². The predicted octanol–water partition coefficient (Wildman–Crippen LogP) is 3.96. The maximum atomic E-state index is 14.2. The highest BCUT2D eigenvalue weighted by Gasteiger charge is 2.41. The van der Waals surface area contributed by atoms with Crippen molar-refractivity contribution in [1.82, 2.24) is 26.2 Å². The lowest BCUT2D eigenvalue weighted by Gasteiger charge is -2.35. The van der Waals surface area contributed by atoms with Crippen LogP contribution < -0.4 is 26.0 Å². The monoisotopic (exact) mass is 687 g/mol. The van der Waals surface area contributed by atoms with Crippen molar-refractivity contribution in [2.45, 2.75) is 102 Å². The van der Waals surface area contributed by atoms with Gasteiger partial charge in [-0.3, -0.25) is 24.0 Å². The Kier molecular flexibility index (Phi) is 15.3. The van der Waals surface area contributed by atoms with Crippen molar-refractivity contribution in [3.8, 4) is 5.75 Å². The molecule has 0 spiro atoms. The first-order chi connectivity index (χ1) is 24.3. The number of carbonyl (C=O) groups excluding carboxylic acids is 5. The van der Waals surface area contributed by atoms with E-state index in [1.54, 1.807) is 11.0 Å². The molecule has 3 atom stereocenters. The summed E-state index contributed by atoms with van der Waals surface area (Å²) >= 11 is 0. The highest BCUT2D eigenvalue weighted by atomic mass is 16.5. The number of nitrogens with one attached hydrogen (secondary N) is 4. The average Bonchev–Trinajstić information content (AvgIpc) is 3.63. The molecule has 1 heterocycles. The maximum absolute atomic E-state index is 14.2. The Hall–Kier alpha value is -4.67. The molecule has 1 unspecified atom stereocenters. The minimum atomic E-state index is -0.721. The molecule has 4 N–H and O–H groups in total. The van der Waals surface area contributed by atoms with E-state index in [9.17, 15) is 24.0 Å². The van der Waals surface area contributed by atoms with Crippen molar-refractivity contribution >= 4 is 29.5 Å². The van der Waals surface area contributed by atoms with Crippen LogP contribution in [0.3, 0.4) is 0 Å². The lowest BCUT2D eigenvalue weighted by atomic mass is 9.83. The van der Waals surface area contributed by atoms with E-state index in [2.05, 4.69) is 27.8 Å². The molecular formula is C39H53N5O6. The van der Waals surface area contributed by atoms with Gasteiger partial charge in [0.25, 0.3) is 0 Å². The number of ether oxygens (including phenoxy) is 1. The molecule has 11 nitrogen and oxygen atoms in total. The Labute approximate surface area is 296 Å². The third-order valence-corrected chi connectivity index (χ3v) is 9.37. The van der Waals surface area contributed by atoms with Gasteiger partial charge < -0.3 is 30.9 Å². The van der Waals surface area contributed by atoms with Crippen molar-refractivity contribution in [2.75, 3.05) is 19.7 Å². The van der Waals surface area contributed by atoms with E-state index in [4.69, 9.17) is 4.74 Å². The van der Waals surface area contributed by atoms with E-state index in [0.717, 1.165) is 49.7 Å². The molecule has 2 aromatic rings. The molecule has 270 valence electrons. The van der Waals surface area contributed by atoms with E-state index in [0.29, 0.717) is 44.7 Å². The third kappa shape index (κ3) is 12.0. The fourth-order valence-electron chi connectivity index (χ4n) is 6.85. The molecule has 2 fully saturated rings. The summed E-state index contributed by atoms with van der Waals surface area (Å²) < 4.78 is 5.62. The van der Waals surface area contributed by atoms with Gasteiger partial charge in [0, 0.05) is 25.6 Å². The molecule has 11 heteroatoms. The normalized spacial score (nSPS) is 17.2. The second-order valence-corrected chi connectivity index (χ2v) is 13.3. The quantitative estimate of drug-likeness (QED) is 0.175. The van der Waals surface area contributed by atoms with Crippen LogP contribution >= 0.6 is 0 Å². The first-order valence-electron chi connectivity index (χ1n) is 18.1. The zero-order chi connectivity index (χ0) is 35.7. The van der Waals surface area contributed by atoms with Crippen LogP contribution in [-0.4, -0.2) is 72.3 Å². The predicted molar refractivity (Wildman–Crippen MR) is 192 cm³/mol. The van der Waals surface area contributed by atoms with Crippen LogP contribution in [0.25, 0.3) is 0 Å². The summed E-state index contributed by atoms with van der Waals surface area (Å²) in [6, 6.07) is 15.0. The number of hydrogen-bond acceptors (Lipinski definition) is 6. The lowest BCUT2D eigenvalue weighted by molar-refractivity contribution is -0.143. The van der Waals surface area contributed by atoms with Crippen LogP contribution in [0.5, 0.6) is 5.75 Å². The van der Waals surface area contributed by atoms with Gasteiger partial charge in [0.1, 0.15) is 24.4 Å². The Bertz CT molecular complexity index is 1440. The summed E-state index contributed by atoms with van der Waals surface area (Å²) in [5.41, 5.74) is 1.73. The summed E-state index contributed by atoms with van der Waals surface area (Å²) in [4.78, 5) is 67.9. The minimum absolute atomic E-state index is 0.00630. The minimum Gasteiger partial charge on any atom is -0.490 e. The van der Waals surface area contributed by atoms with Crippen LogP contribution in [0.15, 0.2) is 67.3 Å². The van der Waals surface area contributed by atoms with Crippen molar-refractivity contribution < 1.29 is 28.7 Å². The van der Waals surface area contributed by atoms with Crippen molar-refractivity contribution in [2.24, 2.45) is 5.92 Å². The van der Waals surface area contributed by atoms with Gasteiger partial charge in [0.05, 0.1) is 13.0 Å². The second kappa shape index (κ2) is 20.1. The van der Waals surface area contributed by atoms with Gasteiger partial charge in [-0.2, -0.15) is 0 Å². The smallest absolute Gasteiger partial charge is 0.246 e. The largest absolute Gasteiger partial charge is 0.490 e. The van der Waals surface area contributed by atoms with E-state index in [-0.39, 0.29) is 54.8 Å². The van der Waals surface area contributed by atoms with Gasteiger partial charge in [-0.1, -0.05) is 87.7 Å². The lowest BCUT2D eigenvalue weighted by Crippen LogP contribution is -2.57. The topological polar surface area (TPSA) is 146 Å². The standard InChI is InChI=1S/C39H53N5O6/c1-3-13-31(25-34(45)41-27-36(47)40-26-28-14-7-5-8-15-28)42-38(48)33-20-12-21-44(33)39(49)37(30-17-9-6-10-18-30)43-35(46)24-29-16-11-19-32(23-29)50-22-4-2/h4-5,7-8,11,14-16,19,23,30-31,33,37H,2-3,6,9-10,12-13,17-18,20-22,24-27H2,1H3,(H,40,47)(H,41,45)(H,42,48)(H,43,46)/t31?,33-,37-/m0/s1. The number of carbonyl (C=O) groups is 5. The summed E-state index contributed by atoms with van der Waals surface area (Å²) in [7, 11) is 0. The second-order valence-electron chi connectivity index (χ2n) is 13.3. The van der Waals surface area contributed by atoms with Gasteiger partial charge in [-0.25, -0.2) is 0 Å². The number of benzene rings is 2. The molecule has 2 aliphatic rings. The molecule has 2 aromatic carbocycles. The van der Waals surface area contributed by atoms with E-state index in [1.807, 2.05) is 61.5 Å². The van der Waals surface area contributed by atoms with Crippen LogP contribution in [0.2, 0.25) is 0 Å². The van der Waals surface area contributed by atoms with Crippen molar-refractivity contribution in [3.05, 3.63) is 78.4 Å². The summed E-state index contributed by atoms with van der Waals surface area (Å²) in [5, 5.41) is 11.5. The van der Waals surface area contributed by atoms with Crippen LogP contribution in [0.1, 0.15) is 82.3 Å². The number of rotatable bonds is 18. The van der Waals surface area contributed by atoms with Crippen LogP contribution in [-0.2, 0) is 36.9 Å². The SMILES string of the molecule is C=CCOc1cccc(CC(=O)N[C@H](C(=O)N2CCC[C@H]2C(=O)NC(CCC)CC(=O)NCC(=O)NCc2ccccc2)C2CCCCC2)c1. The maximum Gasteiger partial charge on any atom is 0.246 e. The molecule has 0 radical (unpaired) electrons. The number of amides is 5. The zero-order valence-corrected chi connectivity index (χ0v) is 29.3. The molecule has 5 amide bonds. The van der Waals surface area contributed by atoms with Crippen molar-refractivity contribution in [3.63, 3.8) is 0 Å². The molecule has 0 bridgehead atoms. The first-order valence-corrected chi connectivity index (χ1v) is 18.1. The summed E-state index contributed by atoms with van der Waals surface area (Å²) in [6.45, 7) is 6.64. The highest BCUT2D eigenvalue weighted by molar-refractivity contribution is 5.93. The summed E-state index contributed by atoms with van der Waals surface area (Å²) in [6.07, 6.45) is 9.02. The van der Waals surface area contributed by atoms with Crippen LogP contribution in [0, 0.1) is 5.92 Å². The van der Waals surface area contributed by atoms with E-state index >= 15 is 0 Å². The Morgan fingerprint density at radius 1 is 0.880 bits per heavy atom. The molecule has 1 aliphatic carbocycles. The van der Waals surface area contributed by atoms with Gasteiger partial charge in [-0.15, -0.1) is 0 Å². The van der Waals surface area contributed by atoms with Crippen LogP contribution in [0.4, 0.5) is 0 Å². The Morgan fingerprint density at radius 2 is 1.64 bits per heavy atom. The van der Waals surface area contributed by atoms with Gasteiger partial charge in [0.2, 0.25) is 29.5 Å². The number of likely N-dealkylation sites (tertiary alicyclic amines) is 1. The Balaban J connectivity index is 1.34. The van der Waals surface area contributed by atoms with Gasteiger partial charge in [-0.05, 0) is 61.3 Å². The zero-order valence-electron chi connectivity index (χ0n) is 29.3. The van der Waals surface area contributed by atoms with Crippen molar-refractivity contribution in [1.29, 1.82) is 0 Å². The number of hydrogen-bond donors (Lipinski definition) is 4.